The Morgan fingerprint density at radius 2 is 1.59 bits per heavy atom. The molecule has 1 amide bonds. The van der Waals surface area contributed by atoms with E-state index in [-0.39, 0.29) is 24.6 Å². The molecule has 1 heterocycles. The van der Waals surface area contributed by atoms with Crippen molar-refractivity contribution in [1.82, 2.24) is 5.32 Å². The molecule has 6 nitrogen and oxygen atoms in total. The predicted octanol–water partition coefficient (Wildman–Crippen LogP) is 6.27. The highest BCUT2D eigenvalue weighted by molar-refractivity contribution is 6.56. The standard InChI is InChI=1S/C31H34BFN2O4/c1-19-14-27(33)20(16-28(19)34)15-21(32-38-30(2,3)31(4,5)39-32)17-35-29(36)37-18-26-24-12-8-6-10-22(24)23-11-7-9-13-25(23)26/h6-16,26H,17-18,34H2,1-5H3,(H,35,36). The van der Waals surface area contributed by atoms with Crippen LogP contribution in [0.25, 0.3) is 17.2 Å². The van der Waals surface area contributed by atoms with Crippen molar-refractivity contribution < 1.29 is 23.2 Å². The number of fused-ring (bicyclic) bond motifs is 3. The molecule has 39 heavy (non-hydrogen) atoms. The number of anilines is 1. The zero-order chi connectivity index (χ0) is 27.9. The first-order valence-electron chi connectivity index (χ1n) is 13.2. The van der Waals surface area contributed by atoms with E-state index in [9.17, 15) is 9.18 Å². The third-order valence-corrected chi connectivity index (χ3v) is 8.06. The Kier molecular flexibility index (Phi) is 7.03. The van der Waals surface area contributed by atoms with E-state index in [2.05, 4.69) is 29.6 Å². The fourth-order valence-corrected chi connectivity index (χ4v) is 5.04. The van der Waals surface area contributed by atoms with Gasteiger partial charge in [-0.1, -0.05) is 54.6 Å². The summed E-state index contributed by atoms with van der Waals surface area (Å²) in [5.41, 5.74) is 11.4. The topological polar surface area (TPSA) is 82.8 Å². The Hall–Kier alpha value is -3.62. The molecule has 1 fully saturated rings. The molecule has 0 bridgehead atoms. The van der Waals surface area contributed by atoms with Crippen LogP contribution in [-0.4, -0.2) is 37.6 Å². The molecule has 0 atom stereocenters. The number of nitrogens with two attached hydrogens (primary N) is 1. The molecule has 1 aliphatic carbocycles. The van der Waals surface area contributed by atoms with Crippen LogP contribution in [-0.2, 0) is 14.0 Å². The molecule has 3 aromatic carbocycles. The van der Waals surface area contributed by atoms with Crippen LogP contribution in [0.2, 0.25) is 0 Å². The number of halogens is 1. The van der Waals surface area contributed by atoms with Gasteiger partial charge in [0.05, 0.1) is 11.2 Å². The number of aryl methyl sites for hydroxylation is 1. The molecule has 0 aromatic heterocycles. The molecule has 0 unspecified atom stereocenters. The number of ether oxygens (including phenoxy) is 1. The number of hydrogen-bond donors (Lipinski definition) is 2. The number of carbonyl (C=O) groups is 1. The van der Waals surface area contributed by atoms with Crippen LogP contribution in [0.1, 0.15) is 55.9 Å². The number of hydrogen-bond acceptors (Lipinski definition) is 5. The second-order valence-electron chi connectivity index (χ2n) is 11.2. The molecule has 0 spiro atoms. The SMILES string of the molecule is Cc1cc(F)c(C=C(CNC(=O)OCC2c3ccccc3-c3ccccc32)B2OC(C)(C)C(C)(C)O2)cc1N. The zero-order valence-corrected chi connectivity index (χ0v) is 23.0. The van der Waals surface area contributed by atoms with Crippen molar-refractivity contribution in [3.63, 3.8) is 0 Å². The van der Waals surface area contributed by atoms with Crippen LogP contribution < -0.4 is 11.1 Å². The number of nitrogen functional groups attached to an aromatic ring is 1. The Balaban J connectivity index is 1.33. The Labute approximate surface area is 229 Å². The summed E-state index contributed by atoms with van der Waals surface area (Å²) in [6, 6.07) is 19.3. The first kappa shape index (κ1) is 27.0. The van der Waals surface area contributed by atoms with E-state index < -0.39 is 30.2 Å². The molecular formula is C31H34BFN2O4. The van der Waals surface area contributed by atoms with E-state index in [0.29, 0.717) is 16.7 Å². The van der Waals surface area contributed by atoms with E-state index in [1.54, 1.807) is 19.1 Å². The van der Waals surface area contributed by atoms with Gasteiger partial charge < -0.3 is 25.1 Å². The molecule has 8 heteroatoms. The molecule has 1 aliphatic heterocycles. The van der Waals surface area contributed by atoms with Gasteiger partial charge in [0.15, 0.2) is 0 Å². The van der Waals surface area contributed by atoms with Gasteiger partial charge in [0.1, 0.15) is 12.4 Å². The molecule has 1 saturated heterocycles. The fourth-order valence-electron chi connectivity index (χ4n) is 5.04. The van der Waals surface area contributed by atoms with Crippen molar-refractivity contribution in [1.29, 1.82) is 0 Å². The maximum atomic E-state index is 14.8. The van der Waals surface area contributed by atoms with Gasteiger partial charge in [0.2, 0.25) is 0 Å². The number of nitrogens with one attached hydrogen (secondary N) is 1. The van der Waals surface area contributed by atoms with Gasteiger partial charge in [-0.05, 0) is 80.0 Å². The van der Waals surface area contributed by atoms with Crippen molar-refractivity contribution in [2.45, 2.75) is 51.7 Å². The van der Waals surface area contributed by atoms with Gasteiger partial charge in [0, 0.05) is 23.7 Å². The van der Waals surface area contributed by atoms with Crippen molar-refractivity contribution in [2.24, 2.45) is 0 Å². The van der Waals surface area contributed by atoms with Crippen LogP contribution in [0.4, 0.5) is 14.9 Å². The lowest BCUT2D eigenvalue weighted by Crippen LogP contribution is -2.41. The first-order valence-corrected chi connectivity index (χ1v) is 13.2. The lowest BCUT2D eigenvalue weighted by molar-refractivity contribution is 0.00578. The highest BCUT2D eigenvalue weighted by Crippen LogP contribution is 2.44. The number of rotatable bonds is 6. The Morgan fingerprint density at radius 1 is 1.03 bits per heavy atom. The molecule has 0 saturated carbocycles. The average Bonchev–Trinajstić information content (AvgIpc) is 3.32. The number of carbonyl (C=O) groups excluding carboxylic acids is 1. The lowest BCUT2D eigenvalue weighted by atomic mass is 9.77. The molecule has 5 rings (SSSR count). The molecule has 3 N–H and O–H groups in total. The molecule has 0 radical (unpaired) electrons. The van der Waals surface area contributed by atoms with Crippen molar-refractivity contribution in [2.75, 3.05) is 18.9 Å². The second-order valence-corrected chi connectivity index (χ2v) is 11.2. The summed E-state index contributed by atoms with van der Waals surface area (Å²) in [5.74, 6) is -0.470. The largest absolute Gasteiger partial charge is 0.492 e. The summed E-state index contributed by atoms with van der Waals surface area (Å²) < 4.78 is 32.9. The summed E-state index contributed by atoms with van der Waals surface area (Å²) in [6.45, 7) is 9.74. The summed E-state index contributed by atoms with van der Waals surface area (Å²) >= 11 is 0. The first-order chi connectivity index (χ1) is 18.5. The van der Waals surface area contributed by atoms with E-state index >= 15 is 0 Å². The predicted molar refractivity (Wildman–Crippen MR) is 153 cm³/mol. The number of benzene rings is 3. The summed E-state index contributed by atoms with van der Waals surface area (Å²) in [6.07, 6.45) is 1.04. The molecule has 2 aliphatic rings. The maximum Gasteiger partial charge on any atom is 0.492 e. The monoisotopic (exact) mass is 528 g/mol. The third kappa shape index (κ3) is 5.19. The van der Waals surface area contributed by atoms with E-state index in [4.69, 9.17) is 19.8 Å². The van der Waals surface area contributed by atoms with E-state index in [1.807, 2.05) is 52.0 Å². The number of amides is 1. The summed E-state index contributed by atoms with van der Waals surface area (Å²) in [4.78, 5) is 12.9. The lowest BCUT2D eigenvalue weighted by Gasteiger charge is -2.32. The van der Waals surface area contributed by atoms with Gasteiger partial charge >= 0.3 is 13.2 Å². The Bertz CT molecular complexity index is 1390. The molecule has 3 aromatic rings. The summed E-state index contributed by atoms with van der Waals surface area (Å²) in [5, 5.41) is 2.81. The minimum absolute atomic E-state index is 0.0424. The zero-order valence-electron chi connectivity index (χ0n) is 23.0. The van der Waals surface area contributed by atoms with Crippen molar-refractivity contribution >= 4 is 25.0 Å². The van der Waals surface area contributed by atoms with Gasteiger partial charge in [0.25, 0.3) is 0 Å². The highest BCUT2D eigenvalue weighted by atomic mass is 19.1. The molecule has 202 valence electrons. The normalized spacial score (nSPS) is 17.6. The van der Waals surface area contributed by atoms with Crippen LogP contribution in [0.3, 0.4) is 0 Å². The van der Waals surface area contributed by atoms with Gasteiger partial charge in [-0.25, -0.2) is 9.18 Å². The van der Waals surface area contributed by atoms with E-state index in [0.717, 1.165) is 22.3 Å². The highest BCUT2D eigenvalue weighted by Gasteiger charge is 2.52. The van der Waals surface area contributed by atoms with Crippen LogP contribution in [0, 0.1) is 12.7 Å². The quantitative estimate of drug-likeness (QED) is 0.291. The van der Waals surface area contributed by atoms with Gasteiger partial charge in [-0.15, -0.1) is 0 Å². The average molecular weight is 528 g/mol. The smallest absolute Gasteiger partial charge is 0.449 e. The third-order valence-electron chi connectivity index (χ3n) is 8.06. The van der Waals surface area contributed by atoms with Crippen LogP contribution in [0.15, 0.2) is 66.1 Å². The van der Waals surface area contributed by atoms with Gasteiger partial charge in [-0.3, -0.25) is 0 Å². The van der Waals surface area contributed by atoms with E-state index in [1.165, 1.54) is 6.07 Å². The fraction of sp³-hybridized carbons (Fsp3) is 0.323. The second kappa shape index (κ2) is 10.2. The maximum absolute atomic E-state index is 14.8. The van der Waals surface area contributed by atoms with Crippen LogP contribution >= 0.6 is 0 Å². The van der Waals surface area contributed by atoms with Crippen molar-refractivity contribution in [3.8, 4) is 11.1 Å². The minimum atomic E-state index is -0.786. The summed E-state index contributed by atoms with van der Waals surface area (Å²) in [7, 11) is -0.786. The Morgan fingerprint density at radius 3 is 2.18 bits per heavy atom. The number of alkyl carbamates (subject to hydrolysis) is 1. The van der Waals surface area contributed by atoms with Gasteiger partial charge in [-0.2, -0.15) is 0 Å². The minimum Gasteiger partial charge on any atom is -0.449 e. The molecular weight excluding hydrogens is 494 g/mol. The van der Waals surface area contributed by atoms with Crippen molar-refractivity contribution in [3.05, 3.63) is 94.2 Å². The van der Waals surface area contributed by atoms with Crippen LogP contribution in [0.5, 0.6) is 0 Å².